The number of nitrogens with one attached hydrogen (secondary N) is 3. The van der Waals surface area contributed by atoms with Gasteiger partial charge in [-0.15, -0.1) is 0 Å². The van der Waals surface area contributed by atoms with Gasteiger partial charge in [-0.2, -0.15) is 4.89 Å². The molecule has 340 valence electrons. The smallest absolute Gasteiger partial charge is 0.407 e. The van der Waals surface area contributed by atoms with Crippen LogP contribution in [0.4, 0.5) is 4.79 Å². The fourth-order valence-corrected chi connectivity index (χ4v) is 11.4. The number of carbonyl (C=O) groups is 3. The number of ether oxygens (including phenoxy) is 1. The fraction of sp³-hybridized carbons (Fsp3) is 0.385. The number of carbonyl (C=O) groups excluding carboxylic acids is 3. The topological polar surface area (TPSA) is 167 Å². The molecule has 2 aliphatic heterocycles. The summed E-state index contributed by atoms with van der Waals surface area (Å²) in [5.41, 5.74) is 7.17. The molecule has 0 bridgehead atoms. The molecule has 14 nitrogen and oxygen atoms in total. The van der Waals surface area contributed by atoms with Crippen LogP contribution in [-0.4, -0.2) is 80.3 Å². The lowest BCUT2D eigenvalue weighted by molar-refractivity contribution is -0.188. The molecule has 4 heterocycles. The van der Waals surface area contributed by atoms with Crippen molar-refractivity contribution in [2.75, 3.05) is 14.2 Å². The molecular weight excluding hydrogens is 833 g/mol. The number of aromatic nitrogens is 4. The minimum Gasteiger partial charge on any atom is -0.453 e. The minimum absolute atomic E-state index is 0.0651. The van der Waals surface area contributed by atoms with E-state index in [1.165, 1.54) is 20.6 Å². The summed E-state index contributed by atoms with van der Waals surface area (Å²) in [5, 5.41) is 2.82. The van der Waals surface area contributed by atoms with Crippen molar-refractivity contribution in [1.82, 2.24) is 35.1 Å². The second-order valence-electron chi connectivity index (χ2n) is 18.1. The summed E-state index contributed by atoms with van der Waals surface area (Å²) in [7, 11) is 2.72. The predicted molar refractivity (Wildman–Crippen MR) is 250 cm³/mol. The first-order valence-electron chi connectivity index (χ1n) is 23.3. The molecular formula is C52H56N8O6. The number of alkyl carbamates (subject to hydrolysis) is 1. The molecule has 4 aromatic carbocycles. The Kier molecular flexibility index (Phi) is 12.4. The number of H-pyrrole nitrogens is 2. The monoisotopic (exact) mass is 888 g/mol. The number of amides is 3. The standard InChI is InChI=1S/C52H56N8O6/c1-64-52(63)58-47(35-15-7-4-8-16-35)51(62)59-42-19-11-9-17-37(42)28-44(59)48-53-30-41(57-48)33-23-21-32(22-24-33)36-25-26-39-40(27-36)56-49(55-39)45-29-38-18-10-12-20-43(38)60(45)50(61)46(54-31-66-65-2)34-13-5-3-6-14-34/h3-8,13-16,21-27,30-31,37-38,42-47H,9-12,17-20,28-29H2,1-2H3,(H,53,57)(H,55,56)(H,58,63)/t37-,38-,42-,43-,44+,45+,46-,47-/m1/s1. The van der Waals surface area contributed by atoms with Crippen molar-refractivity contribution in [3.8, 4) is 22.4 Å². The van der Waals surface area contributed by atoms with E-state index in [1.54, 1.807) is 0 Å². The normalized spacial score (nSPS) is 23.6. The molecule has 4 aliphatic rings. The first-order valence-corrected chi connectivity index (χ1v) is 23.3. The number of likely N-dealkylation sites (tertiary alicyclic amines) is 2. The van der Waals surface area contributed by atoms with Crippen LogP contribution >= 0.6 is 0 Å². The lowest BCUT2D eigenvalue weighted by Gasteiger charge is -2.36. The van der Waals surface area contributed by atoms with E-state index >= 15 is 0 Å². The van der Waals surface area contributed by atoms with Crippen LogP contribution in [0.1, 0.15) is 111 Å². The highest BCUT2D eigenvalue weighted by atomic mass is 17.2. The Morgan fingerprint density at radius 2 is 1.32 bits per heavy atom. The van der Waals surface area contributed by atoms with Crippen LogP contribution in [0.3, 0.4) is 0 Å². The van der Waals surface area contributed by atoms with Gasteiger partial charge < -0.3 is 34.7 Å². The average Bonchev–Trinajstić information content (AvgIpc) is 4.18. The van der Waals surface area contributed by atoms with E-state index < -0.39 is 18.2 Å². The predicted octanol–water partition coefficient (Wildman–Crippen LogP) is 9.73. The van der Waals surface area contributed by atoms with Crippen LogP contribution in [0.2, 0.25) is 0 Å². The van der Waals surface area contributed by atoms with Gasteiger partial charge >= 0.3 is 6.09 Å². The lowest BCUT2D eigenvalue weighted by Crippen LogP contribution is -2.47. The molecule has 0 radical (unpaired) electrons. The molecule has 2 saturated heterocycles. The summed E-state index contributed by atoms with van der Waals surface area (Å²) in [6.45, 7) is 0. The molecule has 66 heavy (non-hydrogen) atoms. The second kappa shape index (κ2) is 19.0. The molecule has 4 fully saturated rings. The quantitative estimate of drug-likeness (QED) is 0.0473. The minimum atomic E-state index is -0.887. The van der Waals surface area contributed by atoms with Crippen molar-refractivity contribution in [3.05, 3.63) is 132 Å². The zero-order valence-corrected chi connectivity index (χ0v) is 37.3. The Bertz CT molecular complexity index is 2690. The number of benzene rings is 4. The Morgan fingerprint density at radius 3 is 1.98 bits per heavy atom. The number of methoxy groups -OCH3 is 1. The largest absolute Gasteiger partial charge is 0.453 e. The van der Waals surface area contributed by atoms with Gasteiger partial charge in [0.15, 0.2) is 6.04 Å². The maximum Gasteiger partial charge on any atom is 0.407 e. The lowest BCUT2D eigenvalue weighted by atomic mass is 9.84. The third kappa shape index (κ3) is 8.45. The maximum absolute atomic E-state index is 14.7. The van der Waals surface area contributed by atoms with Crippen LogP contribution in [-0.2, 0) is 24.1 Å². The Hall–Kier alpha value is -6.80. The maximum atomic E-state index is 14.7. The van der Waals surface area contributed by atoms with Gasteiger partial charge in [0.2, 0.25) is 6.40 Å². The number of imidazole rings is 2. The van der Waals surface area contributed by atoms with Crippen molar-refractivity contribution in [2.45, 2.75) is 100 Å². The molecule has 3 amide bonds. The number of aromatic amines is 2. The highest BCUT2D eigenvalue weighted by molar-refractivity contribution is 5.88. The van der Waals surface area contributed by atoms with E-state index in [9.17, 15) is 14.4 Å². The molecule has 0 unspecified atom stereocenters. The Balaban J connectivity index is 0.891. The van der Waals surface area contributed by atoms with Crippen LogP contribution in [0.25, 0.3) is 33.4 Å². The van der Waals surface area contributed by atoms with Gasteiger partial charge in [-0.25, -0.2) is 19.8 Å². The molecule has 10 rings (SSSR count). The molecule has 2 saturated carbocycles. The van der Waals surface area contributed by atoms with E-state index in [4.69, 9.17) is 24.5 Å². The van der Waals surface area contributed by atoms with Gasteiger partial charge in [-0.3, -0.25) is 9.59 Å². The second-order valence-corrected chi connectivity index (χ2v) is 18.1. The highest BCUT2D eigenvalue weighted by Crippen LogP contribution is 2.49. The fourth-order valence-electron chi connectivity index (χ4n) is 11.4. The Labute approximate surface area is 384 Å². The zero-order valence-electron chi connectivity index (χ0n) is 37.3. The van der Waals surface area contributed by atoms with Crippen molar-refractivity contribution in [1.29, 1.82) is 0 Å². The average molecular weight is 889 g/mol. The summed E-state index contributed by atoms with van der Waals surface area (Å²) in [4.78, 5) is 77.4. The number of fused-ring (bicyclic) bond motifs is 3. The van der Waals surface area contributed by atoms with Crippen molar-refractivity contribution >= 4 is 35.3 Å². The molecule has 8 atom stereocenters. The van der Waals surface area contributed by atoms with Gasteiger partial charge in [0.1, 0.15) is 17.7 Å². The third-order valence-electron chi connectivity index (χ3n) is 14.5. The van der Waals surface area contributed by atoms with Gasteiger partial charge in [0.25, 0.3) is 11.8 Å². The first kappa shape index (κ1) is 43.1. The van der Waals surface area contributed by atoms with Crippen molar-refractivity contribution in [2.24, 2.45) is 16.8 Å². The van der Waals surface area contributed by atoms with Crippen LogP contribution < -0.4 is 5.32 Å². The summed E-state index contributed by atoms with van der Waals surface area (Å²) in [5.74, 6) is 2.05. The highest BCUT2D eigenvalue weighted by Gasteiger charge is 2.49. The molecule has 3 N–H and O–H groups in total. The van der Waals surface area contributed by atoms with Crippen molar-refractivity contribution < 1.29 is 28.9 Å². The molecule has 0 spiro atoms. The molecule has 6 aromatic rings. The summed E-state index contributed by atoms with van der Waals surface area (Å²) in [6, 6.07) is 31.7. The van der Waals surface area contributed by atoms with E-state index in [1.807, 2.05) is 77.8 Å². The molecule has 2 aromatic heterocycles. The van der Waals surface area contributed by atoms with Crippen LogP contribution in [0, 0.1) is 11.8 Å². The van der Waals surface area contributed by atoms with Crippen molar-refractivity contribution in [3.63, 3.8) is 0 Å². The van der Waals surface area contributed by atoms with Crippen LogP contribution in [0.15, 0.2) is 114 Å². The van der Waals surface area contributed by atoms with Gasteiger partial charge in [0, 0.05) is 12.1 Å². The van der Waals surface area contributed by atoms with E-state index in [-0.39, 0.29) is 36.0 Å². The van der Waals surface area contributed by atoms with E-state index in [0.717, 1.165) is 115 Å². The van der Waals surface area contributed by atoms with E-state index in [0.29, 0.717) is 17.4 Å². The summed E-state index contributed by atoms with van der Waals surface area (Å²) >= 11 is 0. The van der Waals surface area contributed by atoms with E-state index in [2.05, 4.69) is 61.6 Å². The SMILES string of the molecule is COOC=N[C@@H](C(=O)N1[C@@H]2CCCC[C@@H]2C[C@H]1c1nc2ccc(-c3ccc(-c4cnc([C@@H]5C[C@H]6CCCC[C@H]6N5C(=O)[C@H](NC(=O)OC)c5ccccc5)[nH]4)cc3)cc2[nH]1)c1ccccc1. The van der Waals surface area contributed by atoms with Gasteiger partial charge in [-0.05, 0) is 90.3 Å². The third-order valence-corrected chi connectivity index (χ3v) is 14.5. The number of hydrogen-bond acceptors (Lipinski definition) is 9. The number of rotatable bonds is 12. The number of hydrogen-bond donors (Lipinski definition) is 3. The zero-order chi connectivity index (χ0) is 45.1. The van der Waals surface area contributed by atoms with Crippen LogP contribution in [0.5, 0.6) is 0 Å². The summed E-state index contributed by atoms with van der Waals surface area (Å²) < 4.78 is 4.95. The number of aliphatic imine (C=N–C) groups is 1. The summed E-state index contributed by atoms with van der Waals surface area (Å²) in [6.07, 6.45) is 12.5. The van der Waals surface area contributed by atoms with Gasteiger partial charge in [0.05, 0.1) is 49.2 Å². The molecule has 2 aliphatic carbocycles. The molecule has 14 heteroatoms. The first-order chi connectivity index (χ1) is 32.4. The van der Waals surface area contributed by atoms with Gasteiger partial charge in [-0.1, -0.05) is 117 Å². The Morgan fingerprint density at radius 1 is 0.712 bits per heavy atom. The number of nitrogens with zero attached hydrogens (tertiary/aromatic N) is 5.